The first-order valence-corrected chi connectivity index (χ1v) is 5.17. The zero-order chi connectivity index (χ0) is 11.8. The van der Waals surface area contributed by atoms with E-state index in [0.717, 1.165) is 11.1 Å². The van der Waals surface area contributed by atoms with Crippen molar-refractivity contribution in [3.8, 4) is 0 Å². The van der Waals surface area contributed by atoms with E-state index in [1.807, 2.05) is 26.0 Å². The molecular formula is C12H16N4. The molecule has 16 heavy (non-hydrogen) atoms. The van der Waals surface area contributed by atoms with Gasteiger partial charge in [0.25, 0.3) is 0 Å². The first-order chi connectivity index (χ1) is 7.51. The Morgan fingerprint density at radius 2 is 2.06 bits per heavy atom. The molecule has 0 radical (unpaired) electrons. The first kappa shape index (κ1) is 10.7. The van der Waals surface area contributed by atoms with Gasteiger partial charge >= 0.3 is 0 Å². The lowest BCUT2D eigenvalue weighted by Gasteiger charge is -2.30. The molecule has 4 nitrogen and oxygen atoms in total. The summed E-state index contributed by atoms with van der Waals surface area (Å²) in [6.07, 6.45) is 3.41. The van der Waals surface area contributed by atoms with E-state index < -0.39 is 5.79 Å². The number of hydrogen-bond donors (Lipinski definition) is 3. The second kappa shape index (κ2) is 3.64. The Bertz CT molecular complexity index is 476. The lowest BCUT2D eigenvalue weighted by Crippen LogP contribution is -2.49. The number of rotatable bonds is 1. The molecule has 0 saturated carbocycles. The molecule has 0 fully saturated rings. The fourth-order valence-electron chi connectivity index (χ4n) is 1.91. The second-order valence-corrected chi connectivity index (χ2v) is 4.10. The van der Waals surface area contributed by atoms with Crippen LogP contribution < -0.4 is 16.8 Å². The van der Waals surface area contributed by atoms with Crippen LogP contribution in [0.4, 0.5) is 0 Å². The molecule has 1 aromatic rings. The van der Waals surface area contributed by atoms with E-state index in [9.17, 15) is 0 Å². The Morgan fingerprint density at radius 1 is 1.31 bits per heavy atom. The van der Waals surface area contributed by atoms with Crippen molar-refractivity contribution in [1.29, 1.82) is 0 Å². The van der Waals surface area contributed by atoms with Crippen LogP contribution in [-0.2, 0) is 5.79 Å². The molecule has 0 bridgehead atoms. The highest BCUT2D eigenvalue weighted by Crippen LogP contribution is 2.23. The fourth-order valence-corrected chi connectivity index (χ4v) is 1.91. The minimum absolute atomic E-state index is 0.432. The highest BCUT2D eigenvalue weighted by atomic mass is 15.3. The van der Waals surface area contributed by atoms with Gasteiger partial charge in [-0.15, -0.1) is 0 Å². The monoisotopic (exact) mass is 216 g/mol. The minimum Gasteiger partial charge on any atom is -0.384 e. The molecule has 1 unspecified atom stereocenters. The topological polar surface area (TPSA) is 76.4 Å². The number of nitrogens with zero attached hydrogens (tertiary/aromatic N) is 1. The van der Waals surface area contributed by atoms with Crippen LogP contribution in [0.1, 0.15) is 16.7 Å². The summed E-state index contributed by atoms with van der Waals surface area (Å²) in [5.74, 6) is -0.516. The van der Waals surface area contributed by atoms with E-state index in [1.165, 1.54) is 5.56 Å². The Kier molecular flexibility index (Phi) is 2.44. The highest BCUT2D eigenvalue weighted by molar-refractivity contribution is 5.92. The number of aryl methyl sites for hydroxylation is 2. The zero-order valence-electron chi connectivity index (χ0n) is 9.49. The van der Waals surface area contributed by atoms with Gasteiger partial charge in [-0.3, -0.25) is 5.73 Å². The quantitative estimate of drug-likeness (QED) is 0.651. The van der Waals surface area contributed by atoms with Crippen LogP contribution in [-0.4, -0.2) is 5.84 Å². The van der Waals surface area contributed by atoms with Gasteiger partial charge in [0.2, 0.25) is 5.79 Å². The predicted octanol–water partition coefficient (Wildman–Crippen LogP) is 0.847. The van der Waals surface area contributed by atoms with Crippen LogP contribution in [0.5, 0.6) is 0 Å². The fraction of sp³-hybridized carbons (Fsp3) is 0.250. The number of benzene rings is 1. The maximum Gasteiger partial charge on any atom is 0.211 e. The maximum atomic E-state index is 6.19. The van der Waals surface area contributed by atoms with Crippen molar-refractivity contribution in [1.82, 2.24) is 5.32 Å². The first-order valence-electron chi connectivity index (χ1n) is 5.17. The van der Waals surface area contributed by atoms with E-state index in [-0.39, 0.29) is 0 Å². The molecule has 0 aliphatic carbocycles. The summed E-state index contributed by atoms with van der Waals surface area (Å²) in [4.78, 5) is 4.25. The van der Waals surface area contributed by atoms with Gasteiger partial charge in [0.15, 0.2) is 0 Å². The summed E-state index contributed by atoms with van der Waals surface area (Å²) in [6, 6.07) is 6.08. The van der Waals surface area contributed by atoms with E-state index in [2.05, 4.69) is 16.4 Å². The van der Waals surface area contributed by atoms with E-state index >= 15 is 0 Å². The summed E-state index contributed by atoms with van der Waals surface area (Å²) in [5.41, 5.74) is 15.1. The van der Waals surface area contributed by atoms with Gasteiger partial charge < -0.3 is 11.1 Å². The molecule has 5 N–H and O–H groups in total. The van der Waals surface area contributed by atoms with Gasteiger partial charge in [-0.05, 0) is 25.5 Å². The third-order valence-electron chi connectivity index (χ3n) is 2.66. The summed E-state index contributed by atoms with van der Waals surface area (Å²) < 4.78 is 0. The molecular weight excluding hydrogens is 200 g/mol. The van der Waals surface area contributed by atoms with E-state index in [4.69, 9.17) is 11.5 Å². The molecule has 1 aliphatic heterocycles. The highest BCUT2D eigenvalue weighted by Gasteiger charge is 2.28. The van der Waals surface area contributed by atoms with Gasteiger partial charge in [-0.1, -0.05) is 23.8 Å². The van der Waals surface area contributed by atoms with Crippen molar-refractivity contribution in [2.45, 2.75) is 19.6 Å². The summed E-state index contributed by atoms with van der Waals surface area (Å²) in [7, 11) is 0. The molecule has 1 aliphatic rings. The number of aliphatic imine (C=N–C) groups is 1. The zero-order valence-corrected chi connectivity index (χ0v) is 9.49. The lowest BCUT2D eigenvalue weighted by molar-refractivity contribution is 0.407. The molecule has 1 atom stereocenters. The summed E-state index contributed by atoms with van der Waals surface area (Å²) in [5, 5.41) is 3.03. The van der Waals surface area contributed by atoms with Crippen LogP contribution in [0, 0.1) is 13.8 Å². The molecule has 0 aromatic heterocycles. The Morgan fingerprint density at radius 3 is 2.69 bits per heavy atom. The molecule has 0 saturated heterocycles. The molecule has 0 spiro atoms. The molecule has 0 amide bonds. The van der Waals surface area contributed by atoms with Crippen molar-refractivity contribution in [3.63, 3.8) is 0 Å². The number of nitrogens with two attached hydrogens (primary N) is 2. The van der Waals surface area contributed by atoms with Gasteiger partial charge in [-0.2, -0.15) is 0 Å². The van der Waals surface area contributed by atoms with Crippen LogP contribution in [0.15, 0.2) is 35.5 Å². The predicted molar refractivity (Wildman–Crippen MR) is 65.7 cm³/mol. The molecule has 1 aromatic carbocycles. The van der Waals surface area contributed by atoms with Crippen LogP contribution in [0.2, 0.25) is 0 Å². The number of nitrogens with one attached hydrogen (secondary N) is 1. The second-order valence-electron chi connectivity index (χ2n) is 4.10. The smallest absolute Gasteiger partial charge is 0.211 e. The van der Waals surface area contributed by atoms with E-state index in [0.29, 0.717) is 5.84 Å². The summed E-state index contributed by atoms with van der Waals surface area (Å²) >= 11 is 0. The van der Waals surface area contributed by atoms with Crippen LogP contribution >= 0.6 is 0 Å². The third-order valence-corrected chi connectivity index (χ3v) is 2.66. The minimum atomic E-state index is -0.948. The van der Waals surface area contributed by atoms with Crippen molar-refractivity contribution in [2.75, 3.05) is 0 Å². The number of hydrogen-bond acceptors (Lipinski definition) is 4. The molecule has 4 heteroatoms. The Hall–Kier alpha value is -1.81. The van der Waals surface area contributed by atoms with Gasteiger partial charge in [0, 0.05) is 11.8 Å². The molecule has 84 valence electrons. The van der Waals surface area contributed by atoms with Crippen molar-refractivity contribution in [3.05, 3.63) is 47.2 Å². The third kappa shape index (κ3) is 1.79. The molecule has 1 heterocycles. The lowest BCUT2D eigenvalue weighted by atomic mass is 10.00. The summed E-state index contributed by atoms with van der Waals surface area (Å²) in [6.45, 7) is 4.06. The van der Waals surface area contributed by atoms with Crippen LogP contribution in [0.3, 0.4) is 0 Å². The van der Waals surface area contributed by atoms with Crippen molar-refractivity contribution in [2.24, 2.45) is 16.5 Å². The standard InChI is InChI=1S/C12H16N4/c1-8-3-4-10(9(2)7-8)12(14)15-6-5-11(13)16-12/h3-7,15H,14H2,1-2H3,(H2,13,16). The van der Waals surface area contributed by atoms with Crippen LogP contribution in [0.25, 0.3) is 0 Å². The van der Waals surface area contributed by atoms with Crippen molar-refractivity contribution < 1.29 is 0 Å². The average Bonchev–Trinajstić information content (AvgIpc) is 2.16. The molecule has 2 rings (SSSR count). The van der Waals surface area contributed by atoms with Gasteiger partial charge in [-0.25, -0.2) is 4.99 Å². The SMILES string of the molecule is Cc1ccc(C2(N)N=C(N)C=CN2)c(C)c1. The van der Waals surface area contributed by atoms with Crippen molar-refractivity contribution >= 4 is 5.84 Å². The Labute approximate surface area is 95.1 Å². The number of amidine groups is 1. The van der Waals surface area contributed by atoms with Gasteiger partial charge in [0.1, 0.15) is 5.84 Å². The average molecular weight is 216 g/mol. The maximum absolute atomic E-state index is 6.19. The van der Waals surface area contributed by atoms with Gasteiger partial charge in [0.05, 0.1) is 0 Å². The largest absolute Gasteiger partial charge is 0.384 e. The Balaban J connectivity index is 2.48. The normalized spacial score (nSPS) is 23.8. The van der Waals surface area contributed by atoms with E-state index in [1.54, 1.807) is 12.3 Å².